The Kier molecular flexibility index (Phi) is 6.39. The minimum atomic E-state index is -0.878. The molecule has 8 heteroatoms. The van der Waals surface area contributed by atoms with E-state index in [1.807, 2.05) is 0 Å². The van der Waals surface area contributed by atoms with Crippen LogP contribution in [0.25, 0.3) is 16.5 Å². The van der Waals surface area contributed by atoms with Gasteiger partial charge in [0.1, 0.15) is 24.7 Å². The summed E-state index contributed by atoms with van der Waals surface area (Å²) in [4.78, 5) is 27.3. The van der Waals surface area contributed by atoms with Gasteiger partial charge in [0.05, 0.1) is 31.0 Å². The van der Waals surface area contributed by atoms with Crippen molar-refractivity contribution >= 4 is 16.7 Å². The number of benzene rings is 2. The predicted molar refractivity (Wildman–Crippen MR) is 113 cm³/mol. The topological polar surface area (TPSA) is 64.8 Å². The highest BCUT2D eigenvalue weighted by atomic mass is 19.1. The largest absolute Gasteiger partial charge is 0.370 e. The molecule has 4 rings (SSSR count). The van der Waals surface area contributed by atoms with Crippen LogP contribution in [0.4, 0.5) is 8.78 Å². The second-order valence-electron chi connectivity index (χ2n) is 7.58. The SMILES string of the molecule is O=C(NCCC[NH+]1CCOCC1)c1cn(-c2ccc(F)cc2F)c(=O)c2ccccc12. The number of amides is 1. The number of hydrogen-bond donors (Lipinski definition) is 2. The highest BCUT2D eigenvalue weighted by Crippen LogP contribution is 2.19. The summed E-state index contributed by atoms with van der Waals surface area (Å²) in [6.45, 7) is 4.87. The predicted octanol–water partition coefficient (Wildman–Crippen LogP) is 1.30. The highest BCUT2D eigenvalue weighted by molar-refractivity contribution is 6.06. The molecule has 0 atom stereocenters. The number of pyridine rings is 1. The maximum absolute atomic E-state index is 14.4. The van der Waals surface area contributed by atoms with Gasteiger partial charge in [0, 0.05) is 36.0 Å². The van der Waals surface area contributed by atoms with Crippen LogP contribution in [0.3, 0.4) is 0 Å². The van der Waals surface area contributed by atoms with Gasteiger partial charge in [-0.2, -0.15) is 0 Å². The summed E-state index contributed by atoms with van der Waals surface area (Å²) >= 11 is 0. The second-order valence-corrected chi connectivity index (χ2v) is 7.58. The first-order valence-corrected chi connectivity index (χ1v) is 10.3. The molecule has 3 aromatic rings. The molecule has 0 spiro atoms. The van der Waals surface area contributed by atoms with E-state index in [1.165, 1.54) is 17.2 Å². The zero-order chi connectivity index (χ0) is 21.8. The Morgan fingerprint density at radius 3 is 2.58 bits per heavy atom. The lowest BCUT2D eigenvalue weighted by molar-refractivity contribution is -0.908. The van der Waals surface area contributed by atoms with Crippen molar-refractivity contribution in [1.82, 2.24) is 9.88 Å². The Hall–Kier alpha value is -3.10. The average Bonchev–Trinajstić information content (AvgIpc) is 2.78. The van der Waals surface area contributed by atoms with Gasteiger partial charge in [0.25, 0.3) is 11.5 Å². The highest BCUT2D eigenvalue weighted by Gasteiger charge is 2.18. The third-order valence-electron chi connectivity index (χ3n) is 5.53. The van der Waals surface area contributed by atoms with Crippen LogP contribution in [0, 0.1) is 11.6 Å². The number of nitrogens with one attached hydrogen (secondary N) is 2. The van der Waals surface area contributed by atoms with Crippen molar-refractivity contribution in [3.8, 4) is 5.69 Å². The van der Waals surface area contributed by atoms with Gasteiger partial charge < -0.3 is 15.0 Å². The lowest BCUT2D eigenvalue weighted by Crippen LogP contribution is -3.14. The van der Waals surface area contributed by atoms with Crippen LogP contribution in [-0.4, -0.2) is 49.9 Å². The van der Waals surface area contributed by atoms with Crippen LogP contribution < -0.4 is 15.8 Å². The van der Waals surface area contributed by atoms with Gasteiger partial charge in [0.15, 0.2) is 0 Å². The van der Waals surface area contributed by atoms with Crippen molar-refractivity contribution in [2.45, 2.75) is 6.42 Å². The molecule has 0 unspecified atom stereocenters. The summed E-state index contributed by atoms with van der Waals surface area (Å²) in [6.07, 6.45) is 2.13. The number of carbonyl (C=O) groups excluding carboxylic acids is 1. The van der Waals surface area contributed by atoms with Crippen molar-refractivity contribution in [2.24, 2.45) is 0 Å². The number of halogens is 2. The zero-order valence-corrected chi connectivity index (χ0v) is 17.0. The number of quaternary nitrogens is 1. The number of aromatic nitrogens is 1. The van der Waals surface area contributed by atoms with Crippen molar-refractivity contribution in [1.29, 1.82) is 0 Å². The summed E-state index contributed by atoms with van der Waals surface area (Å²) in [7, 11) is 0. The normalized spacial score (nSPS) is 14.6. The molecule has 0 bridgehead atoms. The molecule has 1 aliphatic heterocycles. The van der Waals surface area contributed by atoms with E-state index in [0.717, 1.165) is 49.9 Å². The van der Waals surface area contributed by atoms with Crippen LogP contribution in [-0.2, 0) is 4.74 Å². The van der Waals surface area contributed by atoms with E-state index >= 15 is 0 Å². The number of rotatable bonds is 6. The van der Waals surface area contributed by atoms with Gasteiger partial charge in [-0.3, -0.25) is 14.2 Å². The minimum Gasteiger partial charge on any atom is -0.370 e. The molecule has 1 fully saturated rings. The molecular weight excluding hydrogens is 404 g/mol. The first kappa shape index (κ1) is 21.1. The van der Waals surface area contributed by atoms with Crippen molar-refractivity contribution in [3.63, 3.8) is 0 Å². The summed E-state index contributed by atoms with van der Waals surface area (Å²) in [5.41, 5.74) is -0.326. The Morgan fingerprint density at radius 2 is 1.84 bits per heavy atom. The number of morpholine rings is 1. The van der Waals surface area contributed by atoms with E-state index in [2.05, 4.69) is 5.32 Å². The van der Waals surface area contributed by atoms with Crippen LogP contribution in [0.5, 0.6) is 0 Å². The van der Waals surface area contributed by atoms with Crippen molar-refractivity contribution in [3.05, 3.63) is 76.2 Å². The fourth-order valence-corrected chi connectivity index (χ4v) is 3.87. The summed E-state index contributed by atoms with van der Waals surface area (Å²) in [5.74, 6) is -1.96. The van der Waals surface area contributed by atoms with Crippen LogP contribution >= 0.6 is 0 Å². The number of ether oxygens (including phenoxy) is 1. The number of fused-ring (bicyclic) bond motifs is 1. The van der Waals surface area contributed by atoms with E-state index in [4.69, 9.17) is 4.74 Å². The van der Waals surface area contributed by atoms with E-state index in [9.17, 15) is 18.4 Å². The number of carbonyl (C=O) groups is 1. The molecule has 31 heavy (non-hydrogen) atoms. The van der Waals surface area contributed by atoms with Gasteiger partial charge >= 0.3 is 0 Å². The molecule has 1 aromatic heterocycles. The van der Waals surface area contributed by atoms with E-state index in [0.29, 0.717) is 18.0 Å². The van der Waals surface area contributed by atoms with E-state index in [-0.39, 0.29) is 22.5 Å². The summed E-state index contributed by atoms with van der Waals surface area (Å²) < 4.78 is 34.1. The Morgan fingerprint density at radius 1 is 1.10 bits per heavy atom. The average molecular weight is 428 g/mol. The van der Waals surface area contributed by atoms with Gasteiger partial charge in [-0.15, -0.1) is 0 Å². The molecular formula is C23H24F2N3O3+. The molecule has 0 saturated carbocycles. The maximum atomic E-state index is 14.4. The molecule has 1 saturated heterocycles. The lowest BCUT2D eigenvalue weighted by atomic mass is 10.1. The first-order valence-electron chi connectivity index (χ1n) is 10.3. The Labute approximate surface area is 178 Å². The summed E-state index contributed by atoms with van der Waals surface area (Å²) in [5, 5.41) is 3.68. The quantitative estimate of drug-likeness (QED) is 0.582. The molecule has 0 radical (unpaired) electrons. The van der Waals surface area contributed by atoms with Gasteiger partial charge in [-0.25, -0.2) is 8.78 Å². The zero-order valence-electron chi connectivity index (χ0n) is 17.0. The number of nitrogens with zero attached hydrogens (tertiary/aromatic N) is 1. The third-order valence-corrected chi connectivity index (χ3v) is 5.53. The molecule has 0 aliphatic carbocycles. The van der Waals surface area contributed by atoms with E-state index < -0.39 is 17.2 Å². The summed E-state index contributed by atoms with van der Waals surface area (Å²) in [6, 6.07) is 9.68. The van der Waals surface area contributed by atoms with Gasteiger partial charge in [-0.1, -0.05) is 18.2 Å². The Balaban J connectivity index is 1.59. The molecule has 2 heterocycles. The van der Waals surface area contributed by atoms with Crippen molar-refractivity contribution in [2.75, 3.05) is 39.4 Å². The second kappa shape index (κ2) is 9.36. The molecule has 2 aromatic carbocycles. The fourth-order valence-electron chi connectivity index (χ4n) is 3.87. The van der Waals surface area contributed by atoms with Crippen LogP contribution in [0.2, 0.25) is 0 Å². The molecule has 1 aliphatic rings. The minimum absolute atomic E-state index is 0.109. The van der Waals surface area contributed by atoms with E-state index in [1.54, 1.807) is 24.3 Å². The molecule has 162 valence electrons. The molecule has 1 amide bonds. The van der Waals surface area contributed by atoms with Gasteiger partial charge in [0.2, 0.25) is 0 Å². The standard InChI is InChI=1S/C23H23F2N3O3/c24-16-6-7-21(20(25)14-16)28-15-19(17-4-1-2-5-18(17)23(28)30)22(29)26-8-3-9-27-10-12-31-13-11-27/h1-2,4-7,14-15H,3,8-13H2,(H,26,29)/p+1. The van der Waals surface area contributed by atoms with Crippen LogP contribution in [0.15, 0.2) is 53.5 Å². The van der Waals surface area contributed by atoms with Crippen LogP contribution in [0.1, 0.15) is 16.8 Å². The fraction of sp³-hybridized carbons (Fsp3) is 0.304. The smallest absolute Gasteiger partial charge is 0.263 e. The lowest BCUT2D eigenvalue weighted by Gasteiger charge is -2.23. The first-order chi connectivity index (χ1) is 15.0. The molecule has 6 nitrogen and oxygen atoms in total. The molecule has 2 N–H and O–H groups in total. The third kappa shape index (κ3) is 4.65. The monoisotopic (exact) mass is 428 g/mol. The maximum Gasteiger partial charge on any atom is 0.263 e. The van der Waals surface area contributed by atoms with Crippen molar-refractivity contribution < 1.29 is 23.2 Å². The Bertz CT molecular complexity index is 1160. The number of hydrogen-bond acceptors (Lipinski definition) is 3. The van der Waals surface area contributed by atoms with Gasteiger partial charge in [-0.05, 0) is 18.2 Å².